The number of nitrogens with zero attached hydrogens (tertiary/aromatic N) is 4. The number of ketones is 1. The SMILES string of the molecule is O=CN1CCN(c2ncc3c(n2)C[C@H](c2ccccc2O)CC3=O)CC1. The third-order valence-electron chi connectivity index (χ3n) is 5.15. The van der Waals surface area contributed by atoms with Crippen LogP contribution in [0.5, 0.6) is 5.75 Å². The highest BCUT2D eigenvalue weighted by Crippen LogP contribution is 2.36. The summed E-state index contributed by atoms with van der Waals surface area (Å²) < 4.78 is 0. The summed E-state index contributed by atoms with van der Waals surface area (Å²) in [5.74, 6) is 0.746. The predicted octanol–water partition coefficient (Wildman–Crippen LogP) is 1.37. The summed E-state index contributed by atoms with van der Waals surface area (Å²) in [6, 6.07) is 7.15. The fourth-order valence-electron chi connectivity index (χ4n) is 3.67. The molecule has 2 aromatic rings. The standard InChI is InChI=1S/C19H20N4O3/c24-12-22-5-7-23(8-6-22)19-20-11-15-16(21-19)9-13(10-18(15)26)14-3-1-2-4-17(14)25/h1-4,11-13,25H,5-10H2/t13-/m0/s1. The number of piperazine rings is 1. The summed E-state index contributed by atoms with van der Waals surface area (Å²) in [6.45, 7) is 2.63. The molecular weight excluding hydrogens is 332 g/mol. The topological polar surface area (TPSA) is 86.6 Å². The number of carbonyl (C=O) groups is 2. The lowest BCUT2D eigenvalue weighted by Gasteiger charge is -2.33. The minimum atomic E-state index is -0.0779. The largest absolute Gasteiger partial charge is 0.508 e. The zero-order chi connectivity index (χ0) is 18.1. The average Bonchev–Trinajstić information content (AvgIpc) is 2.68. The van der Waals surface area contributed by atoms with Gasteiger partial charge in [0.15, 0.2) is 5.78 Å². The van der Waals surface area contributed by atoms with Gasteiger partial charge in [-0.15, -0.1) is 0 Å². The molecule has 0 unspecified atom stereocenters. The third kappa shape index (κ3) is 3.00. The molecule has 7 nitrogen and oxygen atoms in total. The van der Waals surface area contributed by atoms with E-state index in [9.17, 15) is 14.7 Å². The molecule has 1 aromatic heterocycles. The molecule has 1 fully saturated rings. The second kappa shape index (κ2) is 6.74. The van der Waals surface area contributed by atoms with Gasteiger partial charge in [0, 0.05) is 44.7 Å². The molecule has 1 N–H and O–H groups in total. The Labute approximate surface area is 151 Å². The summed E-state index contributed by atoms with van der Waals surface area (Å²) in [4.78, 5) is 36.2. The molecule has 2 heterocycles. The van der Waals surface area contributed by atoms with Crippen LogP contribution in [0, 0.1) is 0 Å². The molecule has 0 spiro atoms. The molecule has 1 aromatic carbocycles. The number of rotatable bonds is 3. The molecule has 7 heteroatoms. The van der Waals surface area contributed by atoms with Gasteiger partial charge in [0.1, 0.15) is 5.75 Å². The molecule has 1 aliphatic heterocycles. The first-order valence-electron chi connectivity index (χ1n) is 8.77. The summed E-state index contributed by atoms with van der Waals surface area (Å²) in [7, 11) is 0. The van der Waals surface area contributed by atoms with Crippen molar-refractivity contribution in [2.75, 3.05) is 31.1 Å². The number of hydrogen-bond acceptors (Lipinski definition) is 6. The van der Waals surface area contributed by atoms with E-state index in [4.69, 9.17) is 0 Å². The number of phenols is 1. The highest BCUT2D eigenvalue weighted by Gasteiger charge is 2.30. The van der Waals surface area contributed by atoms with E-state index in [-0.39, 0.29) is 17.5 Å². The van der Waals surface area contributed by atoms with Gasteiger partial charge in [0.25, 0.3) is 0 Å². The molecular formula is C19H20N4O3. The maximum atomic E-state index is 12.5. The summed E-state index contributed by atoms with van der Waals surface area (Å²) in [5.41, 5.74) is 2.09. The number of carbonyl (C=O) groups excluding carboxylic acids is 2. The Morgan fingerprint density at radius 2 is 1.88 bits per heavy atom. The Bertz CT molecular complexity index is 846. The van der Waals surface area contributed by atoms with E-state index in [0.717, 1.165) is 17.7 Å². The quantitative estimate of drug-likeness (QED) is 0.840. The lowest BCUT2D eigenvalue weighted by molar-refractivity contribution is -0.118. The first-order chi connectivity index (χ1) is 12.7. The number of aromatic nitrogens is 2. The smallest absolute Gasteiger partial charge is 0.225 e. The van der Waals surface area contributed by atoms with Gasteiger partial charge in [-0.25, -0.2) is 9.97 Å². The van der Waals surface area contributed by atoms with Gasteiger partial charge in [-0.1, -0.05) is 18.2 Å². The highest BCUT2D eigenvalue weighted by molar-refractivity contribution is 5.98. The van der Waals surface area contributed by atoms with Crippen molar-refractivity contribution in [2.24, 2.45) is 0 Å². The lowest BCUT2D eigenvalue weighted by atomic mass is 9.82. The second-order valence-corrected chi connectivity index (χ2v) is 6.75. The van der Waals surface area contributed by atoms with Crippen LogP contribution < -0.4 is 4.90 Å². The molecule has 4 rings (SSSR count). The van der Waals surface area contributed by atoms with Gasteiger partial charge in [-0.05, 0) is 18.1 Å². The average molecular weight is 352 g/mol. The maximum Gasteiger partial charge on any atom is 0.225 e. The van der Waals surface area contributed by atoms with Crippen molar-refractivity contribution in [3.63, 3.8) is 0 Å². The number of aromatic hydroxyl groups is 1. The number of fused-ring (bicyclic) bond motifs is 1. The van der Waals surface area contributed by atoms with Gasteiger partial charge in [-0.3, -0.25) is 9.59 Å². The predicted molar refractivity (Wildman–Crippen MR) is 95.4 cm³/mol. The van der Waals surface area contributed by atoms with Crippen molar-refractivity contribution in [1.29, 1.82) is 0 Å². The van der Waals surface area contributed by atoms with Crippen molar-refractivity contribution in [3.8, 4) is 5.75 Å². The van der Waals surface area contributed by atoms with E-state index in [0.29, 0.717) is 50.5 Å². The Balaban J connectivity index is 1.59. The first kappa shape index (κ1) is 16.5. The van der Waals surface area contributed by atoms with Crippen molar-refractivity contribution in [3.05, 3.63) is 47.3 Å². The molecule has 134 valence electrons. The highest BCUT2D eigenvalue weighted by atomic mass is 16.3. The zero-order valence-electron chi connectivity index (χ0n) is 14.3. The number of phenolic OH excluding ortho intramolecular Hbond substituents is 1. The first-order valence-corrected chi connectivity index (χ1v) is 8.77. The van der Waals surface area contributed by atoms with Crippen LogP contribution in [0.1, 0.15) is 34.0 Å². The number of hydrogen-bond donors (Lipinski definition) is 1. The second-order valence-electron chi connectivity index (χ2n) is 6.75. The van der Waals surface area contributed by atoms with E-state index in [1.807, 2.05) is 17.0 Å². The van der Waals surface area contributed by atoms with E-state index in [1.165, 1.54) is 0 Å². The number of para-hydroxylation sites is 1. The fourth-order valence-corrected chi connectivity index (χ4v) is 3.67. The Hall–Kier alpha value is -2.96. The zero-order valence-corrected chi connectivity index (χ0v) is 14.3. The van der Waals surface area contributed by atoms with Crippen LogP contribution in [-0.4, -0.2) is 58.3 Å². The molecule has 0 saturated carbocycles. The monoisotopic (exact) mass is 352 g/mol. The van der Waals surface area contributed by atoms with Crippen molar-refractivity contribution < 1.29 is 14.7 Å². The number of benzene rings is 1. The molecule has 2 aliphatic rings. The maximum absolute atomic E-state index is 12.5. The molecule has 26 heavy (non-hydrogen) atoms. The van der Waals surface area contributed by atoms with Gasteiger partial charge in [-0.2, -0.15) is 0 Å². The van der Waals surface area contributed by atoms with Crippen molar-refractivity contribution in [2.45, 2.75) is 18.8 Å². The van der Waals surface area contributed by atoms with Crippen LogP contribution in [0.25, 0.3) is 0 Å². The molecule has 1 aliphatic carbocycles. The van der Waals surface area contributed by atoms with Crippen LogP contribution in [0.2, 0.25) is 0 Å². The van der Waals surface area contributed by atoms with Gasteiger partial charge in [0.05, 0.1) is 11.3 Å². The number of amides is 1. The molecule has 0 bridgehead atoms. The molecule has 1 saturated heterocycles. The van der Waals surface area contributed by atoms with Gasteiger partial charge < -0.3 is 14.9 Å². The third-order valence-corrected chi connectivity index (χ3v) is 5.15. The molecule has 0 radical (unpaired) electrons. The summed E-state index contributed by atoms with van der Waals surface area (Å²) >= 11 is 0. The van der Waals surface area contributed by atoms with Crippen LogP contribution >= 0.6 is 0 Å². The summed E-state index contributed by atoms with van der Waals surface area (Å²) in [6.07, 6.45) is 3.43. The minimum Gasteiger partial charge on any atom is -0.508 e. The number of Topliss-reactive ketones (excluding diaryl/α,β-unsaturated/α-hetero) is 1. The van der Waals surface area contributed by atoms with Gasteiger partial charge >= 0.3 is 0 Å². The van der Waals surface area contributed by atoms with Crippen LogP contribution in [0.3, 0.4) is 0 Å². The summed E-state index contributed by atoms with van der Waals surface area (Å²) in [5, 5.41) is 10.1. The number of anilines is 1. The van der Waals surface area contributed by atoms with Crippen molar-refractivity contribution in [1.82, 2.24) is 14.9 Å². The minimum absolute atomic E-state index is 0.0110. The normalized spacial score (nSPS) is 20.0. The molecule has 1 atom stereocenters. The van der Waals surface area contributed by atoms with E-state index >= 15 is 0 Å². The van der Waals surface area contributed by atoms with E-state index in [2.05, 4.69) is 9.97 Å². The Morgan fingerprint density at radius 1 is 1.12 bits per heavy atom. The van der Waals surface area contributed by atoms with Gasteiger partial charge in [0.2, 0.25) is 12.4 Å². The molecule has 1 amide bonds. The lowest BCUT2D eigenvalue weighted by Crippen LogP contribution is -2.46. The van der Waals surface area contributed by atoms with Crippen LogP contribution in [0.15, 0.2) is 30.5 Å². The van der Waals surface area contributed by atoms with Crippen molar-refractivity contribution >= 4 is 18.1 Å². The van der Waals surface area contributed by atoms with Crippen LogP contribution in [0.4, 0.5) is 5.95 Å². The fraction of sp³-hybridized carbons (Fsp3) is 0.368. The van der Waals surface area contributed by atoms with Crippen LogP contribution in [-0.2, 0) is 11.2 Å². The Morgan fingerprint density at radius 3 is 2.62 bits per heavy atom. The van der Waals surface area contributed by atoms with E-state index < -0.39 is 0 Å². The Kier molecular flexibility index (Phi) is 4.28. The van der Waals surface area contributed by atoms with E-state index in [1.54, 1.807) is 23.2 Å².